The van der Waals surface area contributed by atoms with Crippen LogP contribution < -0.4 is 0 Å². The lowest BCUT2D eigenvalue weighted by molar-refractivity contribution is 0.203. The minimum Gasteiger partial charge on any atom is -0.396 e. The molecule has 0 amide bonds. The summed E-state index contributed by atoms with van der Waals surface area (Å²) in [5, 5.41) is 15.0. The molecule has 68 valence electrons. The summed E-state index contributed by atoms with van der Waals surface area (Å²) in [6, 6.07) is 0. The molecule has 1 unspecified atom stereocenters. The standard InChI is InChI=1S/C6H14O.C3H7N/c1-5(2)6(3)4-7;1-3(2)4/h5-7H,4H2,1-3H3;4H,1-2H3. The normalized spacial score (nSPS) is 11.9. The van der Waals surface area contributed by atoms with E-state index in [4.69, 9.17) is 10.5 Å². The Bertz CT molecular complexity index is 95.7. The molecule has 2 heteroatoms. The van der Waals surface area contributed by atoms with Gasteiger partial charge in [-0.3, -0.25) is 0 Å². The van der Waals surface area contributed by atoms with Gasteiger partial charge in [0, 0.05) is 12.3 Å². The van der Waals surface area contributed by atoms with E-state index in [1.54, 1.807) is 13.8 Å². The van der Waals surface area contributed by atoms with Gasteiger partial charge in [0.25, 0.3) is 0 Å². The van der Waals surface area contributed by atoms with Gasteiger partial charge in [0.15, 0.2) is 0 Å². The summed E-state index contributed by atoms with van der Waals surface area (Å²) in [4.78, 5) is 0. The summed E-state index contributed by atoms with van der Waals surface area (Å²) in [5.74, 6) is 1.07. The second-order valence-corrected chi connectivity index (χ2v) is 3.40. The molecule has 0 radical (unpaired) electrons. The summed E-state index contributed by atoms with van der Waals surface area (Å²) in [6.45, 7) is 10.1. The molecular weight excluding hydrogens is 138 g/mol. The Hall–Kier alpha value is -0.370. The van der Waals surface area contributed by atoms with Gasteiger partial charge < -0.3 is 10.5 Å². The Kier molecular flexibility index (Phi) is 9.31. The first kappa shape index (κ1) is 13.2. The van der Waals surface area contributed by atoms with Crippen molar-refractivity contribution in [1.29, 1.82) is 5.41 Å². The maximum Gasteiger partial charge on any atom is 0.0459 e. The molecule has 0 aliphatic carbocycles. The maximum atomic E-state index is 8.51. The second-order valence-electron chi connectivity index (χ2n) is 3.40. The fraction of sp³-hybridized carbons (Fsp3) is 0.889. The third-order valence-electron chi connectivity index (χ3n) is 1.43. The highest BCUT2D eigenvalue weighted by molar-refractivity contribution is 5.75. The van der Waals surface area contributed by atoms with Crippen molar-refractivity contribution in [3.63, 3.8) is 0 Å². The Morgan fingerprint density at radius 1 is 1.27 bits per heavy atom. The molecule has 0 saturated carbocycles. The van der Waals surface area contributed by atoms with Crippen molar-refractivity contribution in [2.45, 2.75) is 34.6 Å². The van der Waals surface area contributed by atoms with Crippen molar-refractivity contribution in [3.05, 3.63) is 0 Å². The lowest BCUT2D eigenvalue weighted by atomic mass is 10.00. The molecule has 0 aliphatic rings. The highest BCUT2D eigenvalue weighted by Gasteiger charge is 2.02. The van der Waals surface area contributed by atoms with E-state index in [0.717, 1.165) is 0 Å². The summed E-state index contributed by atoms with van der Waals surface area (Å²) in [6.07, 6.45) is 0. The number of aliphatic hydroxyl groups excluding tert-OH is 1. The third-order valence-corrected chi connectivity index (χ3v) is 1.43. The Morgan fingerprint density at radius 3 is 1.55 bits per heavy atom. The Balaban J connectivity index is 0. The number of hydrogen-bond acceptors (Lipinski definition) is 2. The predicted molar refractivity (Wildman–Crippen MR) is 50.2 cm³/mol. The molecule has 0 aliphatic heterocycles. The van der Waals surface area contributed by atoms with Gasteiger partial charge in [-0.05, 0) is 25.7 Å². The first-order chi connectivity index (χ1) is 4.91. The average Bonchev–Trinajstić information content (AvgIpc) is 1.85. The highest BCUT2D eigenvalue weighted by Crippen LogP contribution is 2.06. The minimum atomic E-state index is 0.317. The van der Waals surface area contributed by atoms with Gasteiger partial charge in [-0.15, -0.1) is 0 Å². The maximum absolute atomic E-state index is 8.51. The highest BCUT2D eigenvalue weighted by atomic mass is 16.3. The molecule has 0 aromatic rings. The number of hydrogen-bond donors (Lipinski definition) is 2. The van der Waals surface area contributed by atoms with Crippen molar-refractivity contribution in [1.82, 2.24) is 0 Å². The molecular formula is C9H21NO. The van der Waals surface area contributed by atoms with Crippen LogP contribution in [-0.2, 0) is 0 Å². The fourth-order valence-electron chi connectivity index (χ4n) is 0.211. The van der Waals surface area contributed by atoms with Gasteiger partial charge in [0.2, 0.25) is 0 Å². The van der Waals surface area contributed by atoms with Gasteiger partial charge >= 0.3 is 0 Å². The van der Waals surface area contributed by atoms with Crippen molar-refractivity contribution in [2.24, 2.45) is 11.8 Å². The van der Waals surface area contributed by atoms with Crippen LogP contribution in [-0.4, -0.2) is 17.4 Å². The Labute approximate surface area is 70.1 Å². The number of rotatable bonds is 2. The van der Waals surface area contributed by atoms with E-state index >= 15 is 0 Å². The molecule has 0 aromatic carbocycles. The van der Waals surface area contributed by atoms with Crippen LogP contribution >= 0.6 is 0 Å². The summed E-state index contributed by atoms with van der Waals surface area (Å²) >= 11 is 0. The van der Waals surface area contributed by atoms with Crippen molar-refractivity contribution in [2.75, 3.05) is 6.61 Å². The molecule has 0 heterocycles. The molecule has 0 spiro atoms. The van der Waals surface area contributed by atoms with Crippen molar-refractivity contribution >= 4 is 5.71 Å². The SMILES string of the molecule is CC(C)=N.CC(C)C(C)CO. The summed E-state index contributed by atoms with van der Waals surface area (Å²) in [5.41, 5.74) is 0.667. The third kappa shape index (κ3) is 17.7. The molecule has 2 nitrogen and oxygen atoms in total. The quantitative estimate of drug-likeness (QED) is 0.597. The van der Waals surface area contributed by atoms with Gasteiger partial charge in [-0.2, -0.15) is 0 Å². The molecule has 0 bridgehead atoms. The van der Waals surface area contributed by atoms with E-state index in [1.807, 2.05) is 6.92 Å². The van der Waals surface area contributed by atoms with E-state index in [-0.39, 0.29) is 0 Å². The van der Waals surface area contributed by atoms with E-state index in [0.29, 0.717) is 24.2 Å². The summed E-state index contributed by atoms with van der Waals surface area (Å²) < 4.78 is 0. The van der Waals surface area contributed by atoms with E-state index < -0.39 is 0 Å². The van der Waals surface area contributed by atoms with Crippen LogP contribution in [0.3, 0.4) is 0 Å². The van der Waals surface area contributed by atoms with Crippen LogP contribution in [0.1, 0.15) is 34.6 Å². The van der Waals surface area contributed by atoms with E-state index in [9.17, 15) is 0 Å². The lowest BCUT2D eigenvalue weighted by Crippen LogP contribution is -2.07. The lowest BCUT2D eigenvalue weighted by Gasteiger charge is -2.09. The van der Waals surface area contributed by atoms with Crippen molar-refractivity contribution < 1.29 is 5.11 Å². The zero-order valence-electron chi connectivity index (χ0n) is 8.31. The van der Waals surface area contributed by atoms with E-state index in [2.05, 4.69) is 13.8 Å². The zero-order valence-corrected chi connectivity index (χ0v) is 8.31. The largest absolute Gasteiger partial charge is 0.396 e. The van der Waals surface area contributed by atoms with Crippen LogP contribution in [0, 0.1) is 17.2 Å². The van der Waals surface area contributed by atoms with Gasteiger partial charge in [-0.1, -0.05) is 20.8 Å². The number of nitrogens with one attached hydrogen (secondary N) is 1. The molecule has 0 rings (SSSR count). The molecule has 1 atom stereocenters. The second kappa shape index (κ2) is 7.73. The van der Waals surface area contributed by atoms with Gasteiger partial charge in [-0.25, -0.2) is 0 Å². The Morgan fingerprint density at radius 2 is 1.55 bits per heavy atom. The summed E-state index contributed by atoms with van der Waals surface area (Å²) in [7, 11) is 0. The smallest absolute Gasteiger partial charge is 0.0459 e. The molecule has 0 fully saturated rings. The molecule has 2 N–H and O–H groups in total. The minimum absolute atomic E-state index is 0.317. The van der Waals surface area contributed by atoms with Crippen LogP contribution in [0.15, 0.2) is 0 Å². The average molecular weight is 159 g/mol. The fourth-order valence-corrected chi connectivity index (χ4v) is 0.211. The van der Waals surface area contributed by atoms with Crippen LogP contribution in [0.2, 0.25) is 0 Å². The zero-order chi connectivity index (χ0) is 9.44. The van der Waals surface area contributed by atoms with Crippen LogP contribution in [0.5, 0.6) is 0 Å². The molecule has 11 heavy (non-hydrogen) atoms. The predicted octanol–water partition coefficient (Wildman–Crippen LogP) is 2.32. The van der Waals surface area contributed by atoms with Crippen LogP contribution in [0.25, 0.3) is 0 Å². The topological polar surface area (TPSA) is 44.1 Å². The van der Waals surface area contributed by atoms with Crippen LogP contribution in [0.4, 0.5) is 0 Å². The van der Waals surface area contributed by atoms with Crippen molar-refractivity contribution in [3.8, 4) is 0 Å². The van der Waals surface area contributed by atoms with Gasteiger partial charge in [0.05, 0.1) is 0 Å². The van der Waals surface area contributed by atoms with Gasteiger partial charge in [0.1, 0.15) is 0 Å². The molecule has 0 saturated heterocycles. The van der Waals surface area contributed by atoms with E-state index in [1.165, 1.54) is 0 Å². The number of aliphatic hydroxyl groups is 1. The monoisotopic (exact) mass is 159 g/mol. The molecule has 0 aromatic heterocycles. The first-order valence-electron chi connectivity index (χ1n) is 4.04. The first-order valence-corrected chi connectivity index (χ1v) is 4.04.